The molecule has 164 valence electrons. The molecule has 2 aromatic carbocycles. The number of halogens is 7. The molecule has 0 radical (unpaired) electrons. The van der Waals surface area contributed by atoms with Crippen LogP contribution in [0.5, 0.6) is 0 Å². The van der Waals surface area contributed by atoms with E-state index in [0.717, 1.165) is 24.3 Å². The first kappa shape index (κ1) is 22.6. The molecule has 0 fully saturated rings. The number of amides is 1. The lowest BCUT2D eigenvalue weighted by atomic mass is 10.1. The van der Waals surface area contributed by atoms with Crippen molar-refractivity contribution in [2.24, 2.45) is 0 Å². The molecule has 0 aliphatic rings. The second-order valence-electron chi connectivity index (χ2n) is 6.33. The monoisotopic (exact) mass is 463 g/mol. The second kappa shape index (κ2) is 8.58. The van der Waals surface area contributed by atoms with Gasteiger partial charge in [-0.3, -0.25) is 4.79 Å². The number of rotatable bonds is 5. The van der Waals surface area contributed by atoms with Crippen LogP contribution in [-0.4, -0.2) is 16.0 Å². The summed E-state index contributed by atoms with van der Waals surface area (Å²) in [7, 11) is 0. The normalized spacial score (nSPS) is 12.1. The third-order valence-electron chi connectivity index (χ3n) is 4.05. The summed E-state index contributed by atoms with van der Waals surface area (Å²) in [5.74, 6) is -0.792. The molecule has 0 unspecified atom stereocenters. The van der Waals surface area contributed by atoms with Gasteiger partial charge in [0.2, 0.25) is 17.6 Å². The Labute approximate surface area is 176 Å². The number of alkyl halides is 6. The fourth-order valence-electron chi connectivity index (χ4n) is 2.54. The van der Waals surface area contributed by atoms with Crippen LogP contribution in [0.25, 0.3) is 11.4 Å². The van der Waals surface area contributed by atoms with Gasteiger partial charge in [0.1, 0.15) is 0 Å². The van der Waals surface area contributed by atoms with Gasteiger partial charge in [0.25, 0.3) is 0 Å². The van der Waals surface area contributed by atoms with Crippen molar-refractivity contribution in [3.8, 4) is 11.4 Å². The van der Waals surface area contributed by atoms with Gasteiger partial charge < -0.3 is 9.84 Å². The minimum atomic E-state index is -4.60. The van der Waals surface area contributed by atoms with Crippen molar-refractivity contribution >= 4 is 23.2 Å². The van der Waals surface area contributed by atoms with E-state index in [4.69, 9.17) is 16.1 Å². The fourth-order valence-corrected chi connectivity index (χ4v) is 2.70. The maximum Gasteiger partial charge on any atom is 0.416 e. The summed E-state index contributed by atoms with van der Waals surface area (Å²) >= 11 is 5.82. The number of benzene rings is 2. The molecule has 1 N–H and O–H groups in total. The Morgan fingerprint density at radius 2 is 1.68 bits per heavy atom. The van der Waals surface area contributed by atoms with Gasteiger partial charge in [-0.1, -0.05) is 28.9 Å². The number of carbonyl (C=O) groups excluding carboxylic acids is 1. The summed E-state index contributed by atoms with van der Waals surface area (Å²) in [6.45, 7) is 0. The van der Waals surface area contributed by atoms with Crippen LogP contribution < -0.4 is 5.32 Å². The molecule has 0 bridgehead atoms. The van der Waals surface area contributed by atoms with Crippen LogP contribution >= 0.6 is 11.6 Å². The van der Waals surface area contributed by atoms with Crippen LogP contribution in [0.15, 0.2) is 47.0 Å². The Hall–Kier alpha value is -3.08. The highest BCUT2D eigenvalue weighted by Crippen LogP contribution is 2.34. The maximum atomic E-state index is 12.8. The van der Waals surface area contributed by atoms with Crippen LogP contribution in [0, 0.1) is 0 Å². The lowest BCUT2D eigenvalue weighted by molar-refractivity contribution is -0.138. The Balaban J connectivity index is 1.65. The van der Waals surface area contributed by atoms with E-state index < -0.39 is 29.4 Å². The van der Waals surface area contributed by atoms with Crippen molar-refractivity contribution < 1.29 is 35.7 Å². The van der Waals surface area contributed by atoms with Crippen LogP contribution in [0.4, 0.5) is 32.0 Å². The van der Waals surface area contributed by atoms with Crippen molar-refractivity contribution in [1.29, 1.82) is 0 Å². The lowest BCUT2D eigenvalue weighted by Gasteiger charge is -2.11. The second-order valence-corrected chi connectivity index (χ2v) is 6.74. The van der Waals surface area contributed by atoms with Crippen LogP contribution in [-0.2, 0) is 23.6 Å². The molecule has 0 aliphatic heterocycles. The molecule has 1 amide bonds. The summed E-state index contributed by atoms with van der Waals surface area (Å²) in [4.78, 5) is 16.0. The summed E-state index contributed by atoms with van der Waals surface area (Å²) in [6, 6.07) is 6.82. The first-order chi connectivity index (χ1) is 14.4. The number of hydrogen-bond donors (Lipinski definition) is 1. The quantitative estimate of drug-likeness (QED) is 0.471. The number of hydrogen-bond acceptors (Lipinski definition) is 4. The average molecular weight is 464 g/mol. The summed E-state index contributed by atoms with van der Waals surface area (Å²) < 4.78 is 81.8. The van der Waals surface area contributed by atoms with E-state index in [2.05, 4.69) is 15.5 Å². The Morgan fingerprint density at radius 3 is 2.35 bits per heavy atom. The van der Waals surface area contributed by atoms with E-state index >= 15 is 0 Å². The molecule has 0 spiro atoms. The Morgan fingerprint density at radius 1 is 1.00 bits per heavy atom. The van der Waals surface area contributed by atoms with Gasteiger partial charge in [0.15, 0.2) is 0 Å². The molecule has 1 heterocycles. The number of aryl methyl sites for hydroxylation is 1. The van der Waals surface area contributed by atoms with Gasteiger partial charge in [0, 0.05) is 18.4 Å². The van der Waals surface area contributed by atoms with E-state index in [-0.39, 0.29) is 40.8 Å². The van der Waals surface area contributed by atoms with Crippen LogP contribution in [0.2, 0.25) is 5.02 Å². The van der Waals surface area contributed by atoms with E-state index in [1.807, 2.05) is 0 Å². The van der Waals surface area contributed by atoms with Crippen molar-refractivity contribution in [2.45, 2.75) is 25.2 Å². The molecule has 5 nitrogen and oxygen atoms in total. The predicted octanol–water partition coefficient (Wildman–Crippen LogP) is 6.00. The molecule has 31 heavy (non-hydrogen) atoms. The van der Waals surface area contributed by atoms with Crippen molar-refractivity contribution in [3.63, 3.8) is 0 Å². The SMILES string of the molecule is O=C(CCc1nc(-c2cccc(C(F)(F)F)c2)no1)Nc1cc(C(F)(F)F)ccc1Cl. The minimum absolute atomic E-state index is 0.0299. The topological polar surface area (TPSA) is 68.0 Å². The predicted molar refractivity (Wildman–Crippen MR) is 98.1 cm³/mol. The lowest BCUT2D eigenvalue weighted by Crippen LogP contribution is -2.14. The molecule has 12 heteroatoms. The number of nitrogens with one attached hydrogen (secondary N) is 1. The van der Waals surface area contributed by atoms with Crippen LogP contribution in [0.1, 0.15) is 23.4 Å². The fraction of sp³-hybridized carbons (Fsp3) is 0.211. The van der Waals surface area contributed by atoms with Gasteiger partial charge in [-0.05, 0) is 30.3 Å². The largest absolute Gasteiger partial charge is 0.416 e. The third-order valence-corrected chi connectivity index (χ3v) is 4.38. The minimum Gasteiger partial charge on any atom is -0.339 e. The summed E-state index contributed by atoms with van der Waals surface area (Å²) in [5.41, 5.74) is -2.00. The number of carbonyl (C=O) groups is 1. The van der Waals surface area contributed by atoms with Gasteiger partial charge >= 0.3 is 12.4 Å². The first-order valence-corrected chi connectivity index (χ1v) is 8.98. The van der Waals surface area contributed by atoms with Gasteiger partial charge in [-0.2, -0.15) is 31.3 Å². The van der Waals surface area contributed by atoms with E-state index in [1.54, 1.807) is 0 Å². The smallest absolute Gasteiger partial charge is 0.339 e. The Kier molecular flexibility index (Phi) is 6.25. The highest BCUT2D eigenvalue weighted by atomic mass is 35.5. The van der Waals surface area contributed by atoms with Crippen molar-refractivity contribution in [1.82, 2.24) is 10.1 Å². The standard InChI is InChI=1S/C19H12ClF6N3O2/c20-13-5-4-12(19(24,25)26)9-14(13)27-15(30)6-7-16-28-17(29-31-16)10-2-1-3-11(8-10)18(21,22)23/h1-5,8-9H,6-7H2,(H,27,30). The third kappa shape index (κ3) is 5.75. The molecular formula is C19H12ClF6N3O2. The molecule has 0 atom stereocenters. The van der Waals surface area contributed by atoms with E-state index in [1.165, 1.54) is 12.1 Å². The number of aromatic nitrogens is 2. The van der Waals surface area contributed by atoms with Gasteiger partial charge in [-0.25, -0.2) is 0 Å². The van der Waals surface area contributed by atoms with Crippen molar-refractivity contribution in [3.05, 3.63) is 64.5 Å². The molecular weight excluding hydrogens is 452 g/mol. The van der Waals surface area contributed by atoms with E-state index in [0.29, 0.717) is 6.07 Å². The van der Waals surface area contributed by atoms with Crippen LogP contribution in [0.3, 0.4) is 0 Å². The summed E-state index contributed by atoms with van der Waals surface area (Å²) in [5, 5.41) is 5.78. The molecule has 0 aliphatic carbocycles. The first-order valence-electron chi connectivity index (χ1n) is 8.60. The highest BCUT2D eigenvalue weighted by molar-refractivity contribution is 6.33. The Bertz CT molecular complexity index is 1090. The molecule has 1 aromatic heterocycles. The highest BCUT2D eigenvalue weighted by Gasteiger charge is 2.32. The van der Waals surface area contributed by atoms with Gasteiger partial charge in [0.05, 0.1) is 21.8 Å². The van der Waals surface area contributed by atoms with Gasteiger partial charge in [-0.15, -0.1) is 0 Å². The summed E-state index contributed by atoms with van der Waals surface area (Å²) in [6.07, 6.45) is -9.47. The zero-order valence-corrected chi connectivity index (χ0v) is 16.1. The zero-order chi connectivity index (χ0) is 22.8. The number of nitrogens with zero attached hydrogens (tertiary/aromatic N) is 2. The number of anilines is 1. The molecule has 0 saturated heterocycles. The maximum absolute atomic E-state index is 12.8. The molecule has 0 saturated carbocycles. The van der Waals surface area contributed by atoms with E-state index in [9.17, 15) is 31.1 Å². The molecule has 3 rings (SSSR count). The molecule has 3 aromatic rings. The zero-order valence-electron chi connectivity index (χ0n) is 15.3. The average Bonchev–Trinajstić information content (AvgIpc) is 3.16. The van der Waals surface area contributed by atoms with Crippen molar-refractivity contribution in [2.75, 3.05) is 5.32 Å².